The van der Waals surface area contributed by atoms with Crippen LogP contribution in [0.5, 0.6) is 0 Å². The van der Waals surface area contributed by atoms with Crippen molar-refractivity contribution in [3.8, 4) is 0 Å². The molecule has 2 unspecified atom stereocenters. The molecule has 0 saturated carbocycles. The van der Waals surface area contributed by atoms with E-state index in [0.29, 0.717) is 12.1 Å². The van der Waals surface area contributed by atoms with Gasteiger partial charge in [0.25, 0.3) is 0 Å². The molecular formula is C40H20BF20I. The molecule has 0 saturated heterocycles. The van der Waals surface area contributed by atoms with Gasteiger partial charge in [0.1, 0.15) is 46.9 Å². The van der Waals surface area contributed by atoms with E-state index in [1.165, 1.54) is 13.8 Å². The molecule has 5 aromatic rings. The van der Waals surface area contributed by atoms with Crippen LogP contribution in [0.15, 0.2) is 71.8 Å². The Labute approximate surface area is 352 Å². The fourth-order valence-electron chi connectivity index (χ4n) is 8.26. The van der Waals surface area contributed by atoms with E-state index in [1.54, 1.807) is 0 Å². The molecule has 2 atom stereocenters. The highest BCUT2D eigenvalue weighted by Crippen LogP contribution is 2.64. The van der Waals surface area contributed by atoms with Crippen molar-refractivity contribution in [2.24, 2.45) is 0 Å². The van der Waals surface area contributed by atoms with Crippen molar-refractivity contribution < 1.29 is 112 Å². The summed E-state index contributed by atoms with van der Waals surface area (Å²) in [5, 5.41) is -5.75. The summed E-state index contributed by atoms with van der Waals surface area (Å²) in [5.41, 5.74) is -20.4. The Kier molecular flexibility index (Phi) is 12.6. The second-order valence-electron chi connectivity index (χ2n) is 14.2. The largest absolute Gasteiger partial charge is 0.235 e. The molecule has 5 aromatic carbocycles. The Bertz CT molecular complexity index is 2490. The molecule has 62 heavy (non-hydrogen) atoms. The van der Waals surface area contributed by atoms with Crippen LogP contribution in [0.25, 0.3) is 0 Å². The van der Waals surface area contributed by atoms with Crippen LogP contribution in [-0.2, 0) is 11.0 Å². The van der Waals surface area contributed by atoms with Crippen LogP contribution in [0.2, 0.25) is 0 Å². The van der Waals surface area contributed by atoms with Gasteiger partial charge in [-0.1, -0.05) is 73.5 Å². The fourth-order valence-corrected chi connectivity index (χ4v) is 8.26. The summed E-state index contributed by atoms with van der Waals surface area (Å²) >= 11 is 0. The molecule has 6 rings (SSSR count). The molecule has 0 bridgehead atoms. The summed E-state index contributed by atoms with van der Waals surface area (Å²) in [6.07, 6.45) is -7.61. The van der Waals surface area contributed by atoms with Gasteiger partial charge in [-0.3, -0.25) is 0 Å². The number of aryl methyl sites for hydroxylation is 1. The smallest absolute Gasteiger partial charge is 0.233 e. The first-order valence-corrected chi connectivity index (χ1v) is 17.0. The van der Waals surface area contributed by atoms with E-state index in [9.17, 15) is 13.2 Å². The molecule has 0 nitrogen and oxygen atoms in total. The molecule has 0 spiro atoms. The maximum absolute atomic E-state index is 19.4. The minimum Gasteiger partial charge on any atom is -0.233 e. The van der Waals surface area contributed by atoms with E-state index in [4.69, 9.17) is 0 Å². The van der Waals surface area contributed by atoms with Gasteiger partial charge in [-0.25, -0.2) is 87.8 Å². The standard InChI is InChI=1S/C40H18BF20.H2I/c1-12(2)14-6-10-16(11-7-14)40(61)38(60)36(58)35(57)37(59)39(40,15-8-4-13(3)5-9-15)41(17-20(42)26(48)32(54)27(49)21(17)43,18-22(44)28(50)33(55)29(51)23(18)45)19-24(46)30(52)34(56)31(53)25(19)47;/h4-12H,1-3H3;1H2/q-1;+1. The fraction of sp³-hybridized carbons (Fsp3) is 0.150. The monoisotopic (exact) mass is 1020 g/mol. The van der Waals surface area contributed by atoms with Crippen molar-refractivity contribution in [2.45, 2.75) is 37.7 Å². The zero-order chi connectivity index (χ0) is 45.7. The van der Waals surface area contributed by atoms with Crippen molar-refractivity contribution in [1.29, 1.82) is 0 Å². The topological polar surface area (TPSA) is 0 Å². The number of alkyl halides is 1. The summed E-state index contributed by atoms with van der Waals surface area (Å²) in [5.74, 6) is -68.6. The third-order valence-corrected chi connectivity index (χ3v) is 10.9. The quantitative estimate of drug-likeness (QED) is 0.0514. The van der Waals surface area contributed by atoms with E-state index < -0.39 is 161 Å². The summed E-state index contributed by atoms with van der Waals surface area (Å²) in [6.45, 7) is 3.94. The lowest BCUT2D eigenvalue weighted by atomic mass is 9.03. The van der Waals surface area contributed by atoms with E-state index in [2.05, 4.69) is 0 Å². The van der Waals surface area contributed by atoms with Gasteiger partial charge in [0.2, 0.25) is 24.0 Å². The number of halogens is 21. The Morgan fingerprint density at radius 1 is 0.387 bits per heavy atom. The average Bonchev–Trinajstić information content (AvgIpc) is 3.24. The van der Waals surface area contributed by atoms with Crippen molar-refractivity contribution in [2.75, 3.05) is 0 Å². The third-order valence-electron chi connectivity index (χ3n) is 10.9. The molecule has 0 amide bonds. The third kappa shape index (κ3) is 6.03. The summed E-state index contributed by atoms with van der Waals surface area (Å²) < 4.78 is 325. The number of benzene rings is 5. The van der Waals surface area contributed by atoms with E-state index >= 15 is 74.6 Å². The predicted molar refractivity (Wildman–Crippen MR) is 181 cm³/mol. The summed E-state index contributed by atoms with van der Waals surface area (Å²) in [6, 6.07) is 3.29. The van der Waals surface area contributed by atoms with Crippen molar-refractivity contribution in [3.05, 3.63) is 181 Å². The highest BCUT2D eigenvalue weighted by atomic mass is 127. The molecule has 0 aliphatic heterocycles. The van der Waals surface area contributed by atoms with Crippen LogP contribution in [0.3, 0.4) is 0 Å². The van der Waals surface area contributed by atoms with Crippen molar-refractivity contribution >= 4 is 22.5 Å². The Hall–Kier alpha value is -5.03. The number of hydrogen-bond donors (Lipinski definition) is 0. The Balaban J connectivity index is 0.00000726. The molecule has 0 heterocycles. The first-order valence-electron chi connectivity index (χ1n) is 17.0. The molecule has 22 heteroatoms. The second kappa shape index (κ2) is 16.3. The zero-order valence-electron chi connectivity index (χ0n) is 30.8. The maximum atomic E-state index is 19.4. The Morgan fingerprint density at radius 3 is 0.968 bits per heavy atom. The molecule has 0 aromatic heterocycles. The number of rotatable bonds is 7. The zero-order valence-corrected chi connectivity index (χ0v) is 33.3. The minimum atomic E-state index is -7.61. The van der Waals surface area contributed by atoms with Crippen LogP contribution >= 0.6 is 0 Å². The minimum absolute atomic E-state index is 0. The van der Waals surface area contributed by atoms with Gasteiger partial charge >= 0.3 is 0 Å². The second-order valence-corrected chi connectivity index (χ2v) is 14.2. The lowest BCUT2D eigenvalue weighted by Crippen LogP contribution is -3.00. The van der Waals surface area contributed by atoms with Crippen LogP contribution in [-0.4, -0.2) is 6.15 Å². The SMILES string of the molecule is Cc1ccc(C2([B-](c3c(F)c(F)c(F)c(F)c3F)(c3c(F)c(F)c(F)c(F)c3F)c3c(F)c(F)c(F)c(F)c3F)C(F)=C(F)C(F)=C(F)C2(F)c2ccc(C(C)C)cc2)cc1.[IH2+]. The summed E-state index contributed by atoms with van der Waals surface area (Å²) in [4.78, 5) is 0. The van der Waals surface area contributed by atoms with E-state index in [-0.39, 0.29) is 59.4 Å². The molecule has 0 radical (unpaired) electrons. The average molecular weight is 1020 g/mol. The molecule has 330 valence electrons. The van der Waals surface area contributed by atoms with E-state index in [0.717, 1.165) is 19.1 Å². The van der Waals surface area contributed by atoms with Crippen LogP contribution < -0.4 is 40.4 Å². The van der Waals surface area contributed by atoms with Gasteiger partial charge < -0.3 is 0 Å². The molecule has 1 aliphatic rings. The van der Waals surface area contributed by atoms with Crippen molar-refractivity contribution in [1.82, 2.24) is 0 Å². The van der Waals surface area contributed by atoms with Gasteiger partial charge in [0.15, 0.2) is 75.5 Å². The van der Waals surface area contributed by atoms with Crippen molar-refractivity contribution in [3.63, 3.8) is 0 Å². The molecule has 0 N–H and O–H groups in total. The highest BCUT2D eigenvalue weighted by Gasteiger charge is 2.73. The van der Waals surface area contributed by atoms with Gasteiger partial charge in [0.05, 0.1) is 0 Å². The van der Waals surface area contributed by atoms with Gasteiger partial charge in [-0.15, -0.1) is 16.4 Å². The number of hydrogen-bond acceptors (Lipinski definition) is 0. The van der Waals surface area contributed by atoms with Gasteiger partial charge in [-0.2, -0.15) is 0 Å². The highest BCUT2D eigenvalue weighted by molar-refractivity contribution is 7.14. The first kappa shape index (κ1) is 48.0. The molecule has 0 fully saturated rings. The van der Waals surface area contributed by atoms with Gasteiger partial charge in [0, 0.05) is 0 Å². The van der Waals surface area contributed by atoms with Gasteiger partial charge in [-0.05, 0) is 29.3 Å². The number of allylic oxidation sites excluding steroid dienone is 4. The first-order chi connectivity index (χ1) is 28.3. The van der Waals surface area contributed by atoms with Crippen LogP contribution in [0, 0.1) is 94.2 Å². The normalized spacial score (nSPS) is 18.3. The maximum Gasteiger partial charge on any atom is 0.235 e. The predicted octanol–water partition coefficient (Wildman–Crippen LogP) is 7.80. The van der Waals surface area contributed by atoms with E-state index in [1.807, 2.05) is 0 Å². The molecular weight excluding hydrogens is 998 g/mol. The van der Waals surface area contributed by atoms with Crippen LogP contribution in [0.1, 0.15) is 42.0 Å². The summed E-state index contributed by atoms with van der Waals surface area (Å²) in [7, 11) is 0. The Morgan fingerprint density at radius 2 is 0.661 bits per heavy atom. The molecule has 1 aliphatic carbocycles. The van der Waals surface area contributed by atoms with Crippen LogP contribution in [0.4, 0.5) is 87.8 Å². The lowest BCUT2D eigenvalue weighted by molar-refractivity contribution is -0.0000233. The lowest BCUT2D eigenvalue weighted by Gasteiger charge is -2.63.